The van der Waals surface area contributed by atoms with Gasteiger partial charge in [-0.25, -0.2) is 15.0 Å². The second-order valence-electron chi connectivity index (χ2n) is 4.92. The largest absolute Gasteiger partial charge is 0.387 e. The molecule has 3 rings (SSSR count). The van der Waals surface area contributed by atoms with Crippen molar-refractivity contribution in [3.05, 3.63) is 12.7 Å². The number of aliphatic hydroxyl groups excluding tert-OH is 2. The third-order valence-corrected chi connectivity index (χ3v) is 4.21. The molecule has 1 aliphatic heterocycles. The molecule has 15 heteroatoms. The number of hydrogen-bond acceptors (Lipinski definition) is 9. The van der Waals surface area contributed by atoms with Gasteiger partial charge < -0.3 is 35.0 Å². The molecular weight excluding hydrogens is 363 g/mol. The molecular formula is C10H14Li2N5O6PS. The van der Waals surface area contributed by atoms with Crippen LogP contribution in [0.25, 0.3) is 11.2 Å². The van der Waals surface area contributed by atoms with Gasteiger partial charge in [-0.1, -0.05) is 0 Å². The topological polar surface area (TPSA) is 169 Å². The Morgan fingerprint density at radius 3 is 2.56 bits per heavy atom. The van der Waals surface area contributed by atoms with Crippen molar-refractivity contribution in [2.24, 2.45) is 0 Å². The van der Waals surface area contributed by atoms with Crippen molar-refractivity contribution in [1.82, 2.24) is 19.5 Å². The number of rotatable bonds is 4. The molecule has 11 nitrogen and oxygen atoms in total. The SMILES string of the molecule is Nc1ncnc2c1ncn2[C@@H]1O[C@H](COP(O)(O)=S)[C@@H](O)[C@H]1O.[Li].[Li]. The van der Waals surface area contributed by atoms with E-state index in [-0.39, 0.29) is 50.1 Å². The van der Waals surface area contributed by atoms with Crippen LogP contribution in [0.4, 0.5) is 5.82 Å². The molecule has 0 bridgehead atoms. The predicted molar refractivity (Wildman–Crippen MR) is 91.8 cm³/mol. The minimum absolute atomic E-state index is 0. The van der Waals surface area contributed by atoms with Crippen LogP contribution in [0.5, 0.6) is 0 Å². The van der Waals surface area contributed by atoms with E-state index in [9.17, 15) is 10.2 Å². The van der Waals surface area contributed by atoms with Gasteiger partial charge in [-0.3, -0.25) is 4.57 Å². The standard InChI is InChI=1S/C10H14N5O6PS.2Li/c11-8-5-9(13-2-12-8)15(3-14-5)10-7(17)6(16)4(21-10)1-20-22(18,19)23;;/h2-4,6-7,10,16-17H,1H2,(H2,11,12,13)(H2,18,19,23);;/t4-,6-,7-,10-;;/m1../s1. The number of nitrogens with two attached hydrogens (primary N) is 1. The van der Waals surface area contributed by atoms with Crippen LogP contribution in [-0.2, 0) is 21.1 Å². The summed E-state index contributed by atoms with van der Waals surface area (Å²) in [4.78, 5) is 30.0. The van der Waals surface area contributed by atoms with Gasteiger partial charge in [0.15, 0.2) is 17.7 Å². The van der Waals surface area contributed by atoms with E-state index >= 15 is 0 Å². The van der Waals surface area contributed by atoms with Crippen molar-refractivity contribution in [3.8, 4) is 0 Å². The van der Waals surface area contributed by atoms with Crippen LogP contribution in [0, 0.1) is 0 Å². The fourth-order valence-corrected chi connectivity index (χ4v) is 2.85. The number of ether oxygens (including phenoxy) is 1. The van der Waals surface area contributed by atoms with E-state index in [2.05, 4.69) is 31.3 Å². The Bertz CT molecular complexity index is 777. The van der Waals surface area contributed by atoms with E-state index in [1.54, 1.807) is 0 Å². The molecule has 0 aliphatic carbocycles. The summed E-state index contributed by atoms with van der Waals surface area (Å²) in [7, 11) is 0. The maximum Gasteiger partial charge on any atom is 0.321 e. The molecule has 2 aromatic rings. The van der Waals surface area contributed by atoms with Crippen LogP contribution in [0.1, 0.15) is 6.23 Å². The number of aromatic nitrogens is 4. The summed E-state index contributed by atoms with van der Waals surface area (Å²) in [5.74, 6) is 0.169. The Hall–Kier alpha value is -0.0452. The van der Waals surface area contributed by atoms with Crippen LogP contribution in [0.3, 0.4) is 0 Å². The normalized spacial score (nSPS) is 26.2. The van der Waals surface area contributed by atoms with Crippen molar-refractivity contribution in [2.75, 3.05) is 12.3 Å². The van der Waals surface area contributed by atoms with Crippen molar-refractivity contribution < 1.29 is 29.3 Å². The van der Waals surface area contributed by atoms with Gasteiger partial charge in [0.05, 0.1) is 12.9 Å². The van der Waals surface area contributed by atoms with E-state index in [0.717, 1.165) is 0 Å². The van der Waals surface area contributed by atoms with Gasteiger partial charge in [-0.05, 0) is 11.8 Å². The zero-order valence-corrected chi connectivity index (χ0v) is 15.2. The van der Waals surface area contributed by atoms with E-state index < -0.39 is 31.3 Å². The van der Waals surface area contributed by atoms with Crippen LogP contribution in [-0.4, -0.2) is 102 Å². The van der Waals surface area contributed by atoms with Gasteiger partial charge >= 0.3 is 6.72 Å². The number of fused-ring (bicyclic) bond motifs is 1. The Labute approximate surface area is 171 Å². The van der Waals surface area contributed by atoms with Crippen LogP contribution >= 0.6 is 6.72 Å². The summed E-state index contributed by atoms with van der Waals surface area (Å²) < 4.78 is 11.6. The van der Waals surface area contributed by atoms with E-state index in [1.165, 1.54) is 17.2 Å². The van der Waals surface area contributed by atoms with Gasteiger partial charge in [0.2, 0.25) is 0 Å². The third kappa shape index (κ3) is 4.82. The minimum atomic E-state index is -3.89. The molecule has 1 saturated heterocycles. The van der Waals surface area contributed by atoms with Gasteiger partial charge in [-0.2, -0.15) is 0 Å². The smallest absolute Gasteiger partial charge is 0.321 e. The first-order valence-corrected chi connectivity index (χ1v) is 9.05. The average Bonchev–Trinajstić information content (AvgIpc) is 3.01. The Morgan fingerprint density at radius 2 is 1.92 bits per heavy atom. The number of hydrogen-bond donors (Lipinski definition) is 5. The fourth-order valence-electron chi connectivity index (χ4n) is 2.32. The van der Waals surface area contributed by atoms with Crippen molar-refractivity contribution in [3.63, 3.8) is 0 Å². The number of nitrogens with zero attached hydrogens (tertiary/aromatic N) is 4. The zero-order chi connectivity index (χ0) is 16.8. The predicted octanol–water partition coefficient (Wildman–Crippen LogP) is -2.51. The molecule has 3 heterocycles. The molecule has 6 N–H and O–H groups in total. The molecule has 25 heavy (non-hydrogen) atoms. The number of imidazole rings is 1. The maximum absolute atomic E-state index is 10.2. The van der Waals surface area contributed by atoms with Gasteiger partial charge in [0.1, 0.15) is 30.2 Å². The third-order valence-electron chi connectivity index (χ3n) is 3.41. The van der Waals surface area contributed by atoms with Crippen LogP contribution in [0.2, 0.25) is 0 Å². The first kappa shape index (κ1) is 23.0. The molecule has 0 aromatic carbocycles. The molecule has 1 fully saturated rings. The number of anilines is 1. The summed E-state index contributed by atoms with van der Waals surface area (Å²) >= 11 is 4.33. The number of nitrogen functional groups attached to an aromatic ring is 1. The van der Waals surface area contributed by atoms with Gasteiger partial charge in [0.25, 0.3) is 0 Å². The summed E-state index contributed by atoms with van der Waals surface area (Å²) in [5, 5.41) is 20.2. The molecule has 128 valence electrons. The van der Waals surface area contributed by atoms with E-state index in [1.807, 2.05) is 0 Å². The maximum atomic E-state index is 10.2. The second-order valence-corrected chi connectivity index (χ2v) is 7.58. The molecule has 2 radical (unpaired) electrons. The van der Waals surface area contributed by atoms with Crippen molar-refractivity contribution in [2.45, 2.75) is 24.5 Å². The van der Waals surface area contributed by atoms with Crippen LogP contribution < -0.4 is 5.73 Å². The Morgan fingerprint density at radius 1 is 1.24 bits per heavy atom. The monoisotopic (exact) mass is 377 g/mol. The molecule has 2 aromatic heterocycles. The summed E-state index contributed by atoms with van der Waals surface area (Å²) in [6.07, 6.45) is -2.06. The Kier molecular flexibility index (Phi) is 8.06. The molecule has 0 spiro atoms. The average molecular weight is 377 g/mol. The Balaban J connectivity index is 0.00000156. The first-order valence-electron chi connectivity index (χ1n) is 6.42. The van der Waals surface area contributed by atoms with Crippen molar-refractivity contribution in [1.29, 1.82) is 0 Å². The van der Waals surface area contributed by atoms with Gasteiger partial charge in [0, 0.05) is 37.7 Å². The summed E-state index contributed by atoms with van der Waals surface area (Å²) in [5.41, 5.74) is 6.35. The molecule has 1 aliphatic rings. The summed E-state index contributed by atoms with van der Waals surface area (Å²) in [6.45, 7) is -4.27. The van der Waals surface area contributed by atoms with E-state index in [4.69, 9.17) is 20.3 Å². The molecule has 0 saturated carbocycles. The minimum Gasteiger partial charge on any atom is -0.387 e. The van der Waals surface area contributed by atoms with Gasteiger partial charge in [-0.15, -0.1) is 0 Å². The zero-order valence-electron chi connectivity index (χ0n) is 13.5. The fraction of sp³-hybridized carbons (Fsp3) is 0.500. The molecule has 4 atom stereocenters. The van der Waals surface area contributed by atoms with Crippen molar-refractivity contribution >= 4 is 73.2 Å². The number of aliphatic hydroxyl groups is 2. The van der Waals surface area contributed by atoms with Crippen LogP contribution in [0.15, 0.2) is 12.7 Å². The summed E-state index contributed by atoms with van der Waals surface area (Å²) in [6, 6.07) is 0. The first-order chi connectivity index (χ1) is 10.8. The molecule has 0 amide bonds. The second kappa shape index (κ2) is 8.76. The quantitative estimate of drug-likeness (QED) is 0.282. The van der Waals surface area contributed by atoms with E-state index in [0.29, 0.717) is 11.2 Å². The molecule has 0 unspecified atom stereocenters.